The molecule has 7 heteroatoms. The van der Waals surface area contributed by atoms with Crippen molar-refractivity contribution in [1.29, 1.82) is 0 Å². The van der Waals surface area contributed by atoms with Gasteiger partial charge in [-0.05, 0) is 14.0 Å². The molecule has 0 spiro atoms. The Labute approximate surface area is 132 Å². The van der Waals surface area contributed by atoms with Crippen LogP contribution in [-0.4, -0.2) is 92.2 Å². The molecule has 1 saturated heterocycles. The summed E-state index contributed by atoms with van der Waals surface area (Å²) in [6, 6.07) is 0. The molecule has 1 aliphatic rings. The second-order valence-electron chi connectivity index (χ2n) is 5.95. The summed E-state index contributed by atoms with van der Waals surface area (Å²) >= 11 is 0. The average molecular weight is 320 g/mol. The van der Waals surface area contributed by atoms with Crippen LogP contribution in [0.3, 0.4) is 0 Å². The van der Waals surface area contributed by atoms with Crippen molar-refractivity contribution < 1.29 is 14.4 Å². The number of nitrogens with zero attached hydrogens (tertiary/aromatic N) is 3. The molecule has 0 saturated carbocycles. The van der Waals surface area contributed by atoms with Crippen LogP contribution in [0.1, 0.15) is 19.8 Å². The number of hydrogen-bond donors (Lipinski definition) is 1. The quantitative estimate of drug-likeness (QED) is 0.467. The van der Waals surface area contributed by atoms with Crippen LogP contribution in [0, 0.1) is 0 Å². The number of likely N-dealkylation sites (N-methyl/N-ethyl adjacent to an activating group) is 2. The zero-order valence-electron chi connectivity index (χ0n) is 13.9. The molecule has 7 nitrogen and oxygen atoms in total. The first-order chi connectivity index (χ1) is 10.4. The second kappa shape index (κ2) is 9.53. The van der Waals surface area contributed by atoms with Crippen LogP contribution in [-0.2, 0) is 14.4 Å². The molecule has 126 valence electrons. The van der Waals surface area contributed by atoms with Crippen LogP contribution >= 0.6 is 0 Å². The van der Waals surface area contributed by atoms with E-state index in [0.717, 1.165) is 26.2 Å². The van der Waals surface area contributed by atoms with Gasteiger partial charge in [0.05, 0.1) is 6.54 Å². The number of nitrogens with one attached hydrogen (secondary N) is 1. The van der Waals surface area contributed by atoms with Gasteiger partial charge < -0.3 is 19.9 Å². The highest BCUT2D eigenvalue weighted by molar-refractivity contribution is 5.83. The molecule has 0 bridgehead atoms. The third kappa shape index (κ3) is 7.51. The van der Waals surface area contributed by atoms with Crippen LogP contribution in [0.15, 0.2) is 0 Å². The summed E-state index contributed by atoms with van der Waals surface area (Å²) in [5.74, 6) is -0.0557. The van der Waals surface area contributed by atoms with Gasteiger partial charge in [0.15, 0.2) is 0 Å². The number of amides is 2. The lowest BCUT2D eigenvalue weighted by atomic mass is 10.3. The molecular formula is C15H28N4O3. The first-order valence-corrected chi connectivity index (χ1v) is 7.79. The minimum atomic E-state index is -0.0662. The predicted octanol–water partition coefficient (Wildman–Crippen LogP) is -0.822. The fourth-order valence-corrected chi connectivity index (χ4v) is 2.23. The molecule has 0 aromatic rings. The van der Waals surface area contributed by atoms with E-state index in [9.17, 15) is 14.4 Å². The summed E-state index contributed by atoms with van der Waals surface area (Å²) in [7, 11) is 3.77. The molecular weight excluding hydrogens is 292 g/mol. The van der Waals surface area contributed by atoms with Crippen molar-refractivity contribution in [2.75, 3.05) is 59.9 Å². The molecule has 1 N–H and O–H groups in total. The van der Waals surface area contributed by atoms with Crippen molar-refractivity contribution in [3.8, 4) is 0 Å². The highest BCUT2D eigenvalue weighted by atomic mass is 16.3. The fraction of sp³-hybridized carbons (Fsp3) is 0.800. The summed E-state index contributed by atoms with van der Waals surface area (Å²) in [6.07, 6.45) is 0.514. The number of rotatable bonds is 8. The number of ketones is 1. The molecule has 0 atom stereocenters. The van der Waals surface area contributed by atoms with E-state index in [4.69, 9.17) is 0 Å². The lowest BCUT2D eigenvalue weighted by Gasteiger charge is -2.31. The lowest BCUT2D eigenvalue weighted by molar-refractivity contribution is -0.132. The molecule has 1 heterocycles. The summed E-state index contributed by atoms with van der Waals surface area (Å²) < 4.78 is 0. The van der Waals surface area contributed by atoms with Crippen molar-refractivity contribution in [1.82, 2.24) is 20.0 Å². The zero-order valence-corrected chi connectivity index (χ0v) is 13.9. The number of Topliss-reactive ketones (excluding diaryl/α,β-unsaturated/α-hetero) is 1. The normalized spacial score (nSPS) is 16.3. The number of piperazine rings is 1. The van der Waals surface area contributed by atoms with Gasteiger partial charge in [-0.2, -0.15) is 0 Å². The highest BCUT2D eigenvalue weighted by Gasteiger charge is 2.16. The van der Waals surface area contributed by atoms with Gasteiger partial charge in [-0.1, -0.05) is 0 Å². The van der Waals surface area contributed by atoms with Crippen LogP contribution in [0.25, 0.3) is 0 Å². The van der Waals surface area contributed by atoms with Gasteiger partial charge in [-0.3, -0.25) is 14.5 Å². The molecule has 2 amide bonds. The summed E-state index contributed by atoms with van der Waals surface area (Å²) in [5.41, 5.74) is 0. The van der Waals surface area contributed by atoms with Crippen molar-refractivity contribution >= 4 is 17.6 Å². The molecule has 1 rings (SSSR count). The van der Waals surface area contributed by atoms with Crippen LogP contribution < -0.4 is 5.32 Å². The van der Waals surface area contributed by atoms with Gasteiger partial charge >= 0.3 is 0 Å². The van der Waals surface area contributed by atoms with Gasteiger partial charge in [-0.15, -0.1) is 0 Å². The Morgan fingerprint density at radius 2 is 1.73 bits per heavy atom. The summed E-state index contributed by atoms with van der Waals surface area (Å²) in [6.45, 7) is 6.59. The molecule has 0 radical (unpaired) electrons. The van der Waals surface area contributed by atoms with Gasteiger partial charge in [0.1, 0.15) is 5.78 Å². The third-order valence-corrected chi connectivity index (χ3v) is 3.85. The minimum absolute atomic E-state index is 0.00543. The Morgan fingerprint density at radius 3 is 2.32 bits per heavy atom. The number of carbonyl (C=O) groups excluding carboxylic acids is 3. The zero-order chi connectivity index (χ0) is 16.5. The first kappa shape index (κ1) is 18.6. The van der Waals surface area contributed by atoms with Crippen molar-refractivity contribution in [2.45, 2.75) is 19.8 Å². The smallest absolute Gasteiger partial charge is 0.234 e. The Kier molecular flexibility index (Phi) is 8.05. The van der Waals surface area contributed by atoms with Crippen LogP contribution in [0.4, 0.5) is 0 Å². The predicted molar refractivity (Wildman–Crippen MR) is 84.5 cm³/mol. The molecule has 0 aromatic carbocycles. The topological polar surface area (TPSA) is 73.0 Å². The maximum atomic E-state index is 11.8. The van der Waals surface area contributed by atoms with Crippen molar-refractivity contribution in [2.24, 2.45) is 0 Å². The number of carbonyl (C=O) groups is 3. The van der Waals surface area contributed by atoms with Gasteiger partial charge in [0.2, 0.25) is 11.8 Å². The van der Waals surface area contributed by atoms with E-state index in [0.29, 0.717) is 19.6 Å². The van der Waals surface area contributed by atoms with Gasteiger partial charge in [0.25, 0.3) is 0 Å². The Morgan fingerprint density at radius 1 is 1.09 bits per heavy atom. The van der Waals surface area contributed by atoms with E-state index in [1.54, 1.807) is 11.9 Å². The largest absolute Gasteiger partial charge is 0.353 e. The minimum Gasteiger partial charge on any atom is -0.353 e. The molecule has 0 aliphatic carbocycles. The molecule has 0 unspecified atom stereocenters. The van der Waals surface area contributed by atoms with E-state index < -0.39 is 0 Å². The van der Waals surface area contributed by atoms with E-state index in [2.05, 4.69) is 22.2 Å². The lowest BCUT2D eigenvalue weighted by Crippen LogP contribution is -2.48. The first-order valence-electron chi connectivity index (χ1n) is 7.79. The molecule has 0 aromatic heterocycles. The van der Waals surface area contributed by atoms with E-state index in [1.807, 2.05) is 0 Å². The SMILES string of the molecule is C[13C](=O)[13CH2][13CH2][13C](=O)[15N]([13CH3])[13CH2][13CH2]NC(=O)CN1CCN(C)CC1. The Hall–Kier alpha value is -1.47. The summed E-state index contributed by atoms with van der Waals surface area (Å²) in [5, 5.41) is 2.84. The van der Waals surface area contributed by atoms with E-state index in [-0.39, 0.29) is 30.4 Å². The van der Waals surface area contributed by atoms with Crippen LogP contribution in [0.5, 0.6) is 0 Å². The van der Waals surface area contributed by atoms with Gasteiger partial charge in [-0.25, -0.2) is 0 Å². The standard InChI is InChI=1S/C15H28N4O3/c1-13(20)4-5-15(22)18(3)7-6-16-14(21)12-19-10-8-17(2)9-11-19/h4-12H2,1-3H3,(H,16,21)/i3+1,4+1,5+1,6+1,7+1,13+1,15+1,18+1. The molecule has 1 aliphatic heterocycles. The number of hydrogen-bond acceptors (Lipinski definition) is 5. The van der Waals surface area contributed by atoms with Gasteiger partial charge in [0, 0.05) is 59.2 Å². The maximum Gasteiger partial charge on any atom is 0.234 e. The van der Waals surface area contributed by atoms with Crippen molar-refractivity contribution in [3.63, 3.8) is 0 Å². The van der Waals surface area contributed by atoms with E-state index in [1.165, 1.54) is 6.92 Å². The van der Waals surface area contributed by atoms with Crippen molar-refractivity contribution in [3.05, 3.63) is 0 Å². The summed E-state index contributed by atoms with van der Waals surface area (Å²) in [4.78, 5) is 40.3. The molecule has 22 heavy (non-hydrogen) atoms. The third-order valence-electron chi connectivity index (χ3n) is 3.85. The monoisotopic (exact) mass is 320 g/mol. The Bertz CT molecular complexity index is 392. The maximum absolute atomic E-state index is 11.8. The molecule has 1 fully saturated rings. The average Bonchev–Trinajstić information content (AvgIpc) is 2.47. The van der Waals surface area contributed by atoms with Crippen LogP contribution in [0.2, 0.25) is 0 Å². The Balaban J connectivity index is 2.13. The fourth-order valence-electron chi connectivity index (χ4n) is 2.23. The second-order valence-corrected chi connectivity index (χ2v) is 5.95. The van der Waals surface area contributed by atoms with E-state index >= 15 is 0 Å². The highest BCUT2D eigenvalue weighted by Crippen LogP contribution is 1.98.